The van der Waals surface area contributed by atoms with Crippen molar-refractivity contribution in [3.63, 3.8) is 0 Å². The van der Waals surface area contributed by atoms with Crippen LogP contribution in [0.4, 0.5) is 0 Å². The molecule has 0 amide bonds. The van der Waals surface area contributed by atoms with Crippen LogP contribution in [0, 0.1) is 13.8 Å². The zero-order valence-electron chi connectivity index (χ0n) is 9.95. The van der Waals surface area contributed by atoms with Crippen LogP contribution in [0.15, 0.2) is 0 Å². The van der Waals surface area contributed by atoms with Crippen molar-refractivity contribution in [3.05, 3.63) is 17.0 Å². The Morgan fingerprint density at radius 3 is 2.60 bits per heavy atom. The Balaban J connectivity index is 2.77. The lowest BCUT2D eigenvalue weighted by molar-refractivity contribution is 0.135. The summed E-state index contributed by atoms with van der Waals surface area (Å²) in [5, 5.41) is 14.0. The van der Waals surface area contributed by atoms with E-state index in [2.05, 4.69) is 5.10 Å². The van der Waals surface area contributed by atoms with Crippen molar-refractivity contribution in [2.24, 2.45) is 0 Å². The van der Waals surface area contributed by atoms with Crippen LogP contribution >= 0.6 is 0 Å². The molecule has 1 unspecified atom stereocenters. The molecule has 0 aromatic carbocycles. The SMILES string of the molecule is CCOCCn1nc(C)c(C(C)O)c1C. The minimum absolute atomic E-state index is 0.453. The van der Waals surface area contributed by atoms with E-state index >= 15 is 0 Å². The highest BCUT2D eigenvalue weighted by Crippen LogP contribution is 2.20. The standard InChI is InChI=1S/C11H20N2O2/c1-5-15-7-6-13-9(3)11(10(4)14)8(2)12-13/h10,14H,5-7H2,1-4H3. The molecule has 1 heterocycles. The van der Waals surface area contributed by atoms with Gasteiger partial charge in [0.2, 0.25) is 0 Å². The minimum Gasteiger partial charge on any atom is -0.389 e. The smallest absolute Gasteiger partial charge is 0.0797 e. The second-order valence-corrected chi connectivity index (χ2v) is 3.68. The highest BCUT2D eigenvalue weighted by Gasteiger charge is 2.14. The summed E-state index contributed by atoms with van der Waals surface area (Å²) in [6.07, 6.45) is -0.453. The number of aromatic nitrogens is 2. The van der Waals surface area contributed by atoms with Gasteiger partial charge in [-0.25, -0.2) is 0 Å². The molecule has 0 saturated carbocycles. The van der Waals surface area contributed by atoms with Gasteiger partial charge in [-0.3, -0.25) is 4.68 Å². The number of aliphatic hydroxyl groups excluding tert-OH is 1. The summed E-state index contributed by atoms with van der Waals surface area (Å²) < 4.78 is 7.17. The van der Waals surface area contributed by atoms with Gasteiger partial charge in [-0.1, -0.05) is 0 Å². The summed E-state index contributed by atoms with van der Waals surface area (Å²) in [5.41, 5.74) is 2.87. The average molecular weight is 212 g/mol. The maximum atomic E-state index is 9.59. The first-order chi connectivity index (χ1) is 7.07. The summed E-state index contributed by atoms with van der Waals surface area (Å²) in [7, 11) is 0. The molecule has 0 aliphatic rings. The Bertz CT molecular complexity index is 319. The zero-order chi connectivity index (χ0) is 11.4. The molecule has 0 aliphatic heterocycles. The molecule has 0 bridgehead atoms. The predicted molar refractivity (Wildman–Crippen MR) is 58.8 cm³/mol. The Hall–Kier alpha value is -0.870. The van der Waals surface area contributed by atoms with Crippen LogP contribution in [0.25, 0.3) is 0 Å². The Kier molecular flexibility index (Phi) is 4.29. The molecule has 0 aliphatic carbocycles. The maximum Gasteiger partial charge on any atom is 0.0797 e. The van der Waals surface area contributed by atoms with Crippen LogP contribution in [0.2, 0.25) is 0 Å². The number of ether oxygens (including phenoxy) is 1. The van der Waals surface area contributed by atoms with Gasteiger partial charge >= 0.3 is 0 Å². The maximum absolute atomic E-state index is 9.59. The second kappa shape index (κ2) is 5.28. The van der Waals surface area contributed by atoms with Crippen LogP contribution in [0.1, 0.15) is 36.9 Å². The van der Waals surface area contributed by atoms with E-state index in [1.54, 1.807) is 6.92 Å². The third kappa shape index (κ3) is 2.79. The van der Waals surface area contributed by atoms with E-state index in [1.807, 2.05) is 25.5 Å². The van der Waals surface area contributed by atoms with Crippen LogP contribution < -0.4 is 0 Å². The molecule has 15 heavy (non-hydrogen) atoms. The van der Waals surface area contributed by atoms with Crippen molar-refractivity contribution in [3.8, 4) is 0 Å². The minimum atomic E-state index is -0.453. The van der Waals surface area contributed by atoms with Gasteiger partial charge in [0.1, 0.15) is 0 Å². The van der Waals surface area contributed by atoms with Crippen molar-refractivity contribution in [1.82, 2.24) is 9.78 Å². The average Bonchev–Trinajstić information content (AvgIpc) is 2.42. The number of aliphatic hydroxyl groups is 1. The molecule has 1 aromatic heterocycles. The molecule has 4 nitrogen and oxygen atoms in total. The first-order valence-electron chi connectivity index (χ1n) is 5.37. The highest BCUT2D eigenvalue weighted by atomic mass is 16.5. The number of aryl methyl sites for hydroxylation is 1. The number of hydrogen-bond acceptors (Lipinski definition) is 3. The third-order valence-corrected chi connectivity index (χ3v) is 2.51. The highest BCUT2D eigenvalue weighted by molar-refractivity contribution is 5.26. The zero-order valence-corrected chi connectivity index (χ0v) is 9.95. The van der Waals surface area contributed by atoms with Gasteiger partial charge in [0, 0.05) is 17.9 Å². The topological polar surface area (TPSA) is 47.3 Å². The molecule has 1 atom stereocenters. The second-order valence-electron chi connectivity index (χ2n) is 3.68. The number of hydrogen-bond donors (Lipinski definition) is 1. The molecule has 86 valence electrons. The molecule has 0 saturated heterocycles. The molecule has 1 rings (SSSR count). The van der Waals surface area contributed by atoms with E-state index in [0.717, 1.165) is 30.1 Å². The van der Waals surface area contributed by atoms with Gasteiger partial charge in [-0.15, -0.1) is 0 Å². The fraction of sp³-hybridized carbons (Fsp3) is 0.727. The summed E-state index contributed by atoms with van der Waals surface area (Å²) in [6.45, 7) is 9.78. The molecule has 0 radical (unpaired) electrons. The fourth-order valence-corrected chi connectivity index (χ4v) is 1.83. The first kappa shape index (κ1) is 12.2. The third-order valence-electron chi connectivity index (χ3n) is 2.51. The van der Waals surface area contributed by atoms with Crippen LogP contribution in [-0.4, -0.2) is 28.1 Å². The van der Waals surface area contributed by atoms with E-state index < -0.39 is 6.10 Å². The lowest BCUT2D eigenvalue weighted by Crippen LogP contribution is -2.09. The van der Waals surface area contributed by atoms with E-state index in [0.29, 0.717) is 6.61 Å². The molecular formula is C11H20N2O2. The van der Waals surface area contributed by atoms with Crippen LogP contribution in [0.3, 0.4) is 0 Å². The van der Waals surface area contributed by atoms with Crippen LogP contribution in [0.5, 0.6) is 0 Å². The normalized spacial score (nSPS) is 13.1. The molecule has 0 spiro atoms. The first-order valence-corrected chi connectivity index (χ1v) is 5.37. The summed E-state index contributed by atoms with van der Waals surface area (Å²) >= 11 is 0. The van der Waals surface area contributed by atoms with E-state index in [-0.39, 0.29) is 0 Å². The van der Waals surface area contributed by atoms with Crippen molar-refractivity contribution in [2.45, 2.75) is 40.3 Å². The van der Waals surface area contributed by atoms with Crippen molar-refractivity contribution in [1.29, 1.82) is 0 Å². The van der Waals surface area contributed by atoms with Crippen molar-refractivity contribution in [2.75, 3.05) is 13.2 Å². The van der Waals surface area contributed by atoms with Gasteiger partial charge in [-0.2, -0.15) is 5.10 Å². The molecule has 1 N–H and O–H groups in total. The summed E-state index contributed by atoms with van der Waals surface area (Å²) in [5.74, 6) is 0. The van der Waals surface area contributed by atoms with E-state index in [9.17, 15) is 5.11 Å². The number of nitrogens with zero attached hydrogens (tertiary/aromatic N) is 2. The lowest BCUT2D eigenvalue weighted by atomic mass is 10.1. The Morgan fingerprint density at radius 2 is 2.13 bits per heavy atom. The fourth-order valence-electron chi connectivity index (χ4n) is 1.83. The monoisotopic (exact) mass is 212 g/mol. The van der Waals surface area contributed by atoms with Crippen molar-refractivity contribution < 1.29 is 9.84 Å². The van der Waals surface area contributed by atoms with E-state index in [1.165, 1.54) is 0 Å². The van der Waals surface area contributed by atoms with E-state index in [4.69, 9.17) is 4.74 Å². The van der Waals surface area contributed by atoms with Crippen LogP contribution in [-0.2, 0) is 11.3 Å². The Morgan fingerprint density at radius 1 is 1.47 bits per heavy atom. The van der Waals surface area contributed by atoms with Gasteiger partial charge in [-0.05, 0) is 27.7 Å². The van der Waals surface area contributed by atoms with Gasteiger partial charge in [0.05, 0.1) is 24.9 Å². The number of rotatable bonds is 5. The van der Waals surface area contributed by atoms with Gasteiger partial charge in [0.15, 0.2) is 0 Å². The summed E-state index contributed by atoms with van der Waals surface area (Å²) in [4.78, 5) is 0. The molecule has 1 aromatic rings. The summed E-state index contributed by atoms with van der Waals surface area (Å²) in [6, 6.07) is 0. The quantitative estimate of drug-likeness (QED) is 0.754. The van der Waals surface area contributed by atoms with Gasteiger partial charge < -0.3 is 9.84 Å². The largest absolute Gasteiger partial charge is 0.389 e. The Labute approximate surface area is 90.9 Å². The molecule has 0 fully saturated rings. The molecular weight excluding hydrogens is 192 g/mol. The predicted octanol–water partition coefficient (Wildman–Crippen LogP) is 1.59. The van der Waals surface area contributed by atoms with Crippen molar-refractivity contribution >= 4 is 0 Å². The molecule has 4 heteroatoms. The van der Waals surface area contributed by atoms with Gasteiger partial charge in [0.25, 0.3) is 0 Å². The lowest BCUT2D eigenvalue weighted by Gasteiger charge is -2.06.